The zero-order chi connectivity index (χ0) is 19.5. The normalized spacial score (nSPS) is 19.2. The number of carbonyl (C=O) groups is 2. The zero-order valence-electron chi connectivity index (χ0n) is 16.0. The quantitative estimate of drug-likeness (QED) is 0.811. The van der Waals surface area contributed by atoms with E-state index in [2.05, 4.69) is 33.7 Å². The highest BCUT2D eigenvalue weighted by atomic mass is 32.2. The van der Waals surface area contributed by atoms with Crippen LogP contribution in [0.2, 0.25) is 0 Å². The second kappa shape index (κ2) is 8.37. The van der Waals surface area contributed by atoms with E-state index in [1.807, 2.05) is 25.1 Å². The topological polar surface area (TPSA) is 61.4 Å². The van der Waals surface area contributed by atoms with Gasteiger partial charge in [-0.1, -0.05) is 24.3 Å². The molecule has 6 heteroatoms. The Labute approximate surface area is 169 Å². The molecule has 1 atom stereocenters. The molecule has 0 aliphatic carbocycles. The number of rotatable bonds is 5. The molecule has 28 heavy (non-hydrogen) atoms. The lowest BCUT2D eigenvalue weighted by atomic mass is 10.1. The Morgan fingerprint density at radius 1 is 1.18 bits per heavy atom. The van der Waals surface area contributed by atoms with Crippen molar-refractivity contribution in [3.05, 3.63) is 59.2 Å². The summed E-state index contributed by atoms with van der Waals surface area (Å²) in [5, 5.41) is 5.80. The Kier molecular flexibility index (Phi) is 5.69. The SMILES string of the molecule is CC1Sc2ccc(C(=O)NCc3ccccc3CN3CCCC3)cc2NC1=O. The first-order valence-electron chi connectivity index (χ1n) is 9.79. The highest BCUT2D eigenvalue weighted by molar-refractivity contribution is 8.00. The minimum absolute atomic E-state index is 0.0223. The van der Waals surface area contributed by atoms with Crippen molar-refractivity contribution in [3.8, 4) is 0 Å². The van der Waals surface area contributed by atoms with E-state index in [-0.39, 0.29) is 17.1 Å². The van der Waals surface area contributed by atoms with Crippen LogP contribution in [0.3, 0.4) is 0 Å². The monoisotopic (exact) mass is 395 g/mol. The minimum atomic E-state index is -0.128. The number of fused-ring (bicyclic) bond motifs is 1. The average Bonchev–Trinajstić information content (AvgIpc) is 3.21. The van der Waals surface area contributed by atoms with Gasteiger partial charge in [0.1, 0.15) is 0 Å². The largest absolute Gasteiger partial charge is 0.348 e. The molecule has 2 aliphatic heterocycles. The third-order valence-electron chi connectivity index (χ3n) is 5.32. The van der Waals surface area contributed by atoms with Gasteiger partial charge in [0.05, 0.1) is 10.9 Å². The number of thioether (sulfide) groups is 1. The maximum Gasteiger partial charge on any atom is 0.251 e. The first kappa shape index (κ1) is 19.0. The fourth-order valence-corrected chi connectivity index (χ4v) is 4.62. The molecule has 2 amide bonds. The highest BCUT2D eigenvalue weighted by Gasteiger charge is 2.23. The lowest BCUT2D eigenvalue weighted by molar-refractivity contribution is -0.115. The van der Waals surface area contributed by atoms with E-state index in [0.717, 1.165) is 35.8 Å². The van der Waals surface area contributed by atoms with Crippen molar-refractivity contribution in [1.29, 1.82) is 0 Å². The van der Waals surface area contributed by atoms with Crippen LogP contribution in [0.25, 0.3) is 0 Å². The lowest BCUT2D eigenvalue weighted by Gasteiger charge is -2.21. The molecule has 2 aromatic rings. The predicted molar refractivity (Wildman–Crippen MR) is 113 cm³/mol. The van der Waals surface area contributed by atoms with E-state index in [4.69, 9.17) is 0 Å². The highest BCUT2D eigenvalue weighted by Crippen LogP contribution is 2.35. The Bertz CT molecular complexity index is 893. The molecule has 2 N–H and O–H groups in total. The van der Waals surface area contributed by atoms with Crippen LogP contribution < -0.4 is 10.6 Å². The van der Waals surface area contributed by atoms with Crippen molar-refractivity contribution in [2.45, 2.75) is 43.0 Å². The van der Waals surface area contributed by atoms with Crippen LogP contribution in [0, 0.1) is 0 Å². The van der Waals surface area contributed by atoms with Crippen LogP contribution in [0.1, 0.15) is 41.3 Å². The van der Waals surface area contributed by atoms with E-state index in [1.54, 1.807) is 6.07 Å². The molecular formula is C22H25N3O2S. The van der Waals surface area contributed by atoms with Crippen LogP contribution in [-0.2, 0) is 17.9 Å². The summed E-state index contributed by atoms with van der Waals surface area (Å²) in [6, 6.07) is 13.8. The molecule has 1 unspecified atom stereocenters. The Balaban J connectivity index is 1.42. The second-order valence-corrected chi connectivity index (χ2v) is 8.78. The number of hydrogen-bond donors (Lipinski definition) is 2. The van der Waals surface area contributed by atoms with Gasteiger partial charge >= 0.3 is 0 Å². The standard InChI is InChI=1S/C22H25N3O2S/c1-15-21(26)24-19-12-16(8-9-20(19)28-15)22(27)23-13-17-6-2-3-7-18(17)14-25-10-4-5-11-25/h2-3,6-9,12,15H,4-5,10-11,13-14H2,1H3,(H,23,27)(H,24,26). The van der Waals surface area contributed by atoms with Gasteiger partial charge in [-0.2, -0.15) is 0 Å². The summed E-state index contributed by atoms with van der Waals surface area (Å²) in [5.41, 5.74) is 3.70. The Hall–Kier alpha value is -2.31. The smallest absolute Gasteiger partial charge is 0.251 e. The molecule has 146 valence electrons. The van der Waals surface area contributed by atoms with Crippen molar-refractivity contribution >= 4 is 29.3 Å². The van der Waals surface area contributed by atoms with Crippen molar-refractivity contribution in [2.24, 2.45) is 0 Å². The summed E-state index contributed by atoms with van der Waals surface area (Å²) < 4.78 is 0. The van der Waals surface area contributed by atoms with E-state index in [0.29, 0.717) is 12.1 Å². The van der Waals surface area contributed by atoms with Gasteiger partial charge in [-0.3, -0.25) is 14.5 Å². The van der Waals surface area contributed by atoms with Gasteiger partial charge in [-0.25, -0.2) is 0 Å². The average molecular weight is 396 g/mol. The molecule has 0 saturated carbocycles. The van der Waals surface area contributed by atoms with E-state index >= 15 is 0 Å². The van der Waals surface area contributed by atoms with Crippen LogP contribution in [0.5, 0.6) is 0 Å². The fraction of sp³-hybridized carbons (Fsp3) is 0.364. The van der Waals surface area contributed by atoms with Crippen LogP contribution in [-0.4, -0.2) is 35.1 Å². The summed E-state index contributed by atoms with van der Waals surface area (Å²) in [4.78, 5) is 28.0. The number of benzene rings is 2. The molecule has 0 aromatic heterocycles. The number of carbonyl (C=O) groups excluding carboxylic acids is 2. The van der Waals surface area contributed by atoms with Gasteiger partial charge in [-0.15, -0.1) is 11.8 Å². The molecule has 2 heterocycles. The van der Waals surface area contributed by atoms with Gasteiger partial charge < -0.3 is 10.6 Å². The third-order valence-corrected chi connectivity index (χ3v) is 6.50. The summed E-state index contributed by atoms with van der Waals surface area (Å²) in [6.45, 7) is 5.61. The maximum absolute atomic E-state index is 12.7. The summed E-state index contributed by atoms with van der Waals surface area (Å²) in [7, 11) is 0. The molecule has 0 bridgehead atoms. The second-order valence-electron chi connectivity index (χ2n) is 7.39. The number of hydrogen-bond acceptors (Lipinski definition) is 4. The van der Waals surface area contributed by atoms with Crippen molar-refractivity contribution < 1.29 is 9.59 Å². The van der Waals surface area contributed by atoms with Crippen LogP contribution in [0.15, 0.2) is 47.4 Å². The van der Waals surface area contributed by atoms with Gasteiger partial charge in [0.2, 0.25) is 5.91 Å². The summed E-state index contributed by atoms with van der Waals surface area (Å²) in [5.74, 6) is -0.150. The van der Waals surface area contributed by atoms with Gasteiger partial charge in [0.25, 0.3) is 5.91 Å². The van der Waals surface area contributed by atoms with Gasteiger partial charge in [-0.05, 0) is 62.2 Å². The van der Waals surface area contributed by atoms with Crippen molar-refractivity contribution in [3.63, 3.8) is 0 Å². The molecule has 4 rings (SSSR count). The number of nitrogens with zero attached hydrogens (tertiary/aromatic N) is 1. The predicted octanol–water partition coefficient (Wildman–Crippen LogP) is 3.65. The zero-order valence-corrected chi connectivity index (χ0v) is 16.8. The molecule has 2 aromatic carbocycles. The fourth-order valence-electron chi connectivity index (χ4n) is 3.69. The third kappa shape index (κ3) is 4.23. The van der Waals surface area contributed by atoms with Crippen molar-refractivity contribution in [2.75, 3.05) is 18.4 Å². The van der Waals surface area contributed by atoms with E-state index < -0.39 is 0 Å². The lowest BCUT2D eigenvalue weighted by Crippen LogP contribution is -2.28. The number of amides is 2. The maximum atomic E-state index is 12.7. The minimum Gasteiger partial charge on any atom is -0.348 e. The Morgan fingerprint density at radius 3 is 2.71 bits per heavy atom. The molecular weight excluding hydrogens is 370 g/mol. The molecule has 5 nitrogen and oxygen atoms in total. The number of anilines is 1. The van der Waals surface area contributed by atoms with Gasteiger partial charge in [0.15, 0.2) is 0 Å². The number of likely N-dealkylation sites (tertiary alicyclic amines) is 1. The van der Waals surface area contributed by atoms with Crippen LogP contribution >= 0.6 is 11.8 Å². The van der Waals surface area contributed by atoms with Crippen molar-refractivity contribution in [1.82, 2.24) is 10.2 Å². The molecule has 0 spiro atoms. The molecule has 1 saturated heterocycles. The Morgan fingerprint density at radius 2 is 1.93 bits per heavy atom. The molecule has 1 fully saturated rings. The molecule has 0 radical (unpaired) electrons. The van der Waals surface area contributed by atoms with Gasteiger partial charge in [0, 0.05) is 23.5 Å². The van der Waals surface area contributed by atoms with Crippen LogP contribution in [0.4, 0.5) is 5.69 Å². The van der Waals surface area contributed by atoms with E-state index in [1.165, 1.54) is 30.2 Å². The first-order chi connectivity index (χ1) is 13.6. The first-order valence-corrected chi connectivity index (χ1v) is 10.7. The molecule has 2 aliphatic rings. The summed E-state index contributed by atoms with van der Waals surface area (Å²) in [6.07, 6.45) is 2.54. The number of nitrogens with one attached hydrogen (secondary N) is 2. The van der Waals surface area contributed by atoms with E-state index in [9.17, 15) is 9.59 Å². The summed E-state index contributed by atoms with van der Waals surface area (Å²) >= 11 is 1.52.